The fourth-order valence-corrected chi connectivity index (χ4v) is 3.72. The molecule has 154 valence electrons. The van der Waals surface area contributed by atoms with E-state index in [1.807, 2.05) is 18.2 Å². The molecule has 0 aliphatic carbocycles. The second kappa shape index (κ2) is 8.93. The van der Waals surface area contributed by atoms with E-state index in [1.54, 1.807) is 19.3 Å². The van der Waals surface area contributed by atoms with E-state index in [2.05, 4.69) is 18.8 Å². The van der Waals surface area contributed by atoms with Gasteiger partial charge in [0.1, 0.15) is 0 Å². The van der Waals surface area contributed by atoms with Gasteiger partial charge in [0.15, 0.2) is 0 Å². The van der Waals surface area contributed by atoms with Crippen LogP contribution in [0.5, 0.6) is 0 Å². The number of nitrogens with zero attached hydrogens (tertiary/aromatic N) is 3. The number of aliphatic hydroxyl groups excluding tert-OH is 1. The van der Waals surface area contributed by atoms with Crippen LogP contribution in [-0.2, 0) is 20.0 Å². The molecule has 3 aromatic rings. The van der Waals surface area contributed by atoms with E-state index < -0.39 is 5.69 Å². The summed E-state index contributed by atoms with van der Waals surface area (Å²) in [6.45, 7) is 4.36. The van der Waals surface area contributed by atoms with Gasteiger partial charge in [-0.1, -0.05) is 37.6 Å². The highest BCUT2D eigenvalue weighted by molar-refractivity contribution is 6.30. The first-order valence-electron chi connectivity index (χ1n) is 9.83. The van der Waals surface area contributed by atoms with Crippen LogP contribution in [0, 0.1) is 5.92 Å². The molecule has 0 aliphatic rings. The third-order valence-electron chi connectivity index (χ3n) is 5.11. The van der Waals surface area contributed by atoms with Crippen molar-refractivity contribution in [2.24, 2.45) is 13.0 Å². The lowest BCUT2D eigenvalue weighted by Crippen LogP contribution is -2.39. The quantitative estimate of drug-likeness (QED) is 0.641. The minimum atomic E-state index is -0.400. The Labute approximate surface area is 174 Å². The highest BCUT2D eigenvalue weighted by Crippen LogP contribution is 2.29. The van der Waals surface area contributed by atoms with Crippen LogP contribution in [0.1, 0.15) is 32.3 Å². The summed E-state index contributed by atoms with van der Waals surface area (Å²) in [5, 5.41) is 10.3. The molecule has 0 atom stereocenters. The highest BCUT2D eigenvalue weighted by Gasteiger charge is 2.19. The predicted octanol–water partition coefficient (Wildman–Crippen LogP) is 3.39. The van der Waals surface area contributed by atoms with E-state index in [0.29, 0.717) is 40.4 Å². The monoisotopic (exact) mass is 415 g/mol. The molecule has 1 N–H and O–H groups in total. The third kappa shape index (κ3) is 4.28. The lowest BCUT2D eigenvalue weighted by Gasteiger charge is -2.17. The molecule has 0 spiro atoms. The minimum Gasteiger partial charge on any atom is -0.396 e. The fraction of sp³-hybridized carbons (Fsp3) is 0.409. The molecule has 3 rings (SSSR count). The van der Waals surface area contributed by atoms with Gasteiger partial charge >= 0.3 is 5.69 Å². The SMILES string of the molecule is CC(C)CCc1c(-c2cccc(Cl)c2)ncc2c1c(=O)n(CCCO)c(=O)n2C. The lowest BCUT2D eigenvalue weighted by atomic mass is 9.95. The summed E-state index contributed by atoms with van der Waals surface area (Å²) in [6.07, 6.45) is 3.47. The average molecular weight is 416 g/mol. The first kappa shape index (κ1) is 21.3. The van der Waals surface area contributed by atoms with E-state index in [0.717, 1.165) is 17.5 Å². The Morgan fingerprint density at radius 3 is 2.66 bits per heavy atom. The van der Waals surface area contributed by atoms with Crippen LogP contribution in [0.15, 0.2) is 40.1 Å². The van der Waals surface area contributed by atoms with Crippen LogP contribution in [0.25, 0.3) is 22.2 Å². The summed E-state index contributed by atoms with van der Waals surface area (Å²) in [7, 11) is 1.65. The molecule has 29 heavy (non-hydrogen) atoms. The Kier molecular flexibility index (Phi) is 6.55. The van der Waals surface area contributed by atoms with Crippen molar-refractivity contribution in [2.75, 3.05) is 6.61 Å². The number of aryl methyl sites for hydroxylation is 2. The van der Waals surface area contributed by atoms with Gasteiger partial charge in [-0.15, -0.1) is 0 Å². The predicted molar refractivity (Wildman–Crippen MR) is 117 cm³/mol. The van der Waals surface area contributed by atoms with E-state index in [-0.39, 0.29) is 18.7 Å². The Balaban J connectivity index is 2.37. The zero-order chi connectivity index (χ0) is 21.1. The minimum absolute atomic E-state index is 0.0854. The van der Waals surface area contributed by atoms with Crippen LogP contribution in [0.4, 0.5) is 0 Å². The molecule has 1 aromatic carbocycles. The van der Waals surface area contributed by atoms with Crippen LogP contribution in [0.2, 0.25) is 5.02 Å². The fourth-order valence-electron chi connectivity index (χ4n) is 3.53. The van der Waals surface area contributed by atoms with Crippen LogP contribution < -0.4 is 11.2 Å². The van der Waals surface area contributed by atoms with Gasteiger partial charge in [0, 0.05) is 30.8 Å². The molecule has 0 bridgehead atoms. The average Bonchev–Trinajstić information content (AvgIpc) is 2.69. The van der Waals surface area contributed by atoms with Gasteiger partial charge in [-0.2, -0.15) is 0 Å². The number of halogens is 1. The van der Waals surface area contributed by atoms with E-state index in [4.69, 9.17) is 16.7 Å². The molecule has 0 unspecified atom stereocenters. The maximum atomic E-state index is 13.3. The summed E-state index contributed by atoms with van der Waals surface area (Å²) in [5.74, 6) is 0.446. The number of fused-ring (bicyclic) bond motifs is 1. The number of benzene rings is 1. The largest absolute Gasteiger partial charge is 0.396 e. The summed E-state index contributed by atoms with van der Waals surface area (Å²) >= 11 is 6.19. The molecule has 6 nitrogen and oxygen atoms in total. The summed E-state index contributed by atoms with van der Waals surface area (Å²) in [6, 6.07) is 7.41. The number of rotatable bonds is 7. The van der Waals surface area contributed by atoms with Crippen molar-refractivity contribution in [1.82, 2.24) is 14.1 Å². The van der Waals surface area contributed by atoms with Crippen molar-refractivity contribution in [3.8, 4) is 11.3 Å². The van der Waals surface area contributed by atoms with Crippen LogP contribution in [0.3, 0.4) is 0 Å². The van der Waals surface area contributed by atoms with Gasteiger partial charge < -0.3 is 5.11 Å². The van der Waals surface area contributed by atoms with Gasteiger partial charge in [-0.25, -0.2) is 4.79 Å². The number of hydrogen-bond acceptors (Lipinski definition) is 4. The van der Waals surface area contributed by atoms with Gasteiger partial charge in [0.25, 0.3) is 5.56 Å². The topological polar surface area (TPSA) is 77.1 Å². The third-order valence-corrected chi connectivity index (χ3v) is 5.34. The Bertz CT molecular complexity index is 1150. The molecule has 0 aliphatic heterocycles. The molecule has 0 amide bonds. The maximum absolute atomic E-state index is 13.3. The standard InChI is InChI=1S/C22H26ClN3O3/c1-14(2)8-9-17-19-18(13-24-20(17)15-6-4-7-16(23)12-15)25(3)22(29)26(21(19)28)10-5-11-27/h4,6-7,12-14,27H,5,8-11H2,1-3H3. The molecule has 0 saturated carbocycles. The molecule has 2 aromatic heterocycles. The summed E-state index contributed by atoms with van der Waals surface area (Å²) in [5.41, 5.74) is 2.17. The molecule has 7 heteroatoms. The van der Waals surface area contributed by atoms with Crippen LogP contribution in [-0.4, -0.2) is 25.8 Å². The normalized spacial score (nSPS) is 11.5. The van der Waals surface area contributed by atoms with E-state index in [1.165, 1.54) is 9.13 Å². The maximum Gasteiger partial charge on any atom is 0.331 e. The Morgan fingerprint density at radius 2 is 2.00 bits per heavy atom. The highest BCUT2D eigenvalue weighted by atomic mass is 35.5. The number of pyridine rings is 1. The second-order valence-corrected chi connectivity index (χ2v) is 8.10. The van der Waals surface area contributed by atoms with Gasteiger partial charge in [0.2, 0.25) is 0 Å². The van der Waals surface area contributed by atoms with Gasteiger partial charge in [-0.05, 0) is 42.9 Å². The van der Waals surface area contributed by atoms with Crippen LogP contribution >= 0.6 is 11.6 Å². The molecular formula is C22H26ClN3O3. The zero-order valence-electron chi connectivity index (χ0n) is 17.0. The Hall–Kier alpha value is -2.44. The molecule has 0 radical (unpaired) electrons. The lowest BCUT2D eigenvalue weighted by molar-refractivity contribution is 0.277. The number of aromatic nitrogens is 3. The van der Waals surface area contributed by atoms with Crippen molar-refractivity contribution in [3.05, 3.63) is 61.9 Å². The molecular weight excluding hydrogens is 390 g/mol. The second-order valence-electron chi connectivity index (χ2n) is 7.66. The molecule has 0 fully saturated rings. The summed E-state index contributed by atoms with van der Waals surface area (Å²) in [4.78, 5) is 30.6. The molecule has 0 saturated heterocycles. The van der Waals surface area contributed by atoms with Crippen molar-refractivity contribution in [1.29, 1.82) is 0 Å². The van der Waals surface area contributed by atoms with Gasteiger partial charge in [-0.3, -0.25) is 18.9 Å². The number of hydrogen-bond donors (Lipinski definition) is 1. The van der Waals surface area contributed by atoms with E-state index >= 15 is 0 Å². The first-order valence-corrected chi connectivity index (χ1v) is 10.2. The van der Waals surface area contributed by atoms with Crippen molar-refractivity contribution >= 4 is 22.5 Å². The van der Waals surface area contributed by atoms with Crippen molar-refractivity contribution < 1.29 is 5.11 Å². The number of aliphatic hydroxyl groups is 1. The smallest absolute Gasteiger partial charge is 0.331 e. The summed E-state index contributed by atoms with van der Waals surface area (Å²) < 4.78 is 2.67. The Morgan fingerprint density at radius 1 is 1.24 bits per heavy atom. The van der Waals surface area contributed by atoms with Gasteiger partial charge in [0.05, 0.1) is 22.8 Å². The van der Waals surface area contributed by atoms with Crippen molar-refractivity contribution in [3.63, 3.8) is 0 Å². The van der Waals surface area contributed by atoms with Crippen molar-refractivity contribution in [2.45, 2.75) is 39.7 Å². The first-order chi connectivity index (χ1) is 13.8. The van der Waals surface area contributed by atoms with E-state index in [9.17, 15) is 9.59 Å². The zero-order valence-corrected chi connectivity index (χ0v) is 17.7. The molecule has 2 heterocycles.